The van der Waals surface area contributed by atoms with E-state index in [-0.39, 0.29) is 5.91 Å². The van der Waals surface area contributed by atoms with E-state index in [1.54, 1.807) is 6.20 Å². The highest BCUT2D eigenvalue weighted by atomic mass is 16.5. The van der Waals surface area contributed by atoms with Gasteiger partial charge in [-0.25, -0.2) is 0 Å². The molecule has 0 atom stereocenters. The predicted octanol–water partition coefficient (Wildman–Crippen LogP) is 1.36. The number of carbonyl (C=O) groups excluding carboxylic acids is 1. The van der Waals surface area contributed by atoms with Gasteiger partial charge >= 0.3 is 0 Å². The van der Waals surface area contributed by atoms with Gasteiger partial charge in [0.15, 0.2) is 5.76 Å². The van der Waals surface area contributed by atoms with Crippen molar-refractivity contribution in [1.29, 1.82) is 0 Å². The Morgan fingerprint density at radius 3 is 2.95 bits per heavy atom. The summed E-state index contributed by atoms with van der Waals surface area (Å²) in [4.78, 5) is 15.9. The third-order valence-electron chi connectivity index (χ3n) is 4.34. The number of carbonyl (C=O) groups is 1. The molecule has 2 aliphatic rings. The summed E-state index contributed by atoms with van der Waals surface area (Å²) in [6.07, 6.45) is 5.38. The van der Waals surface area contributed by atoms with Crippen LogP contribution in [0.1, 0.15) is 30.3 Å². The first-order chi connectivity index (χ1) is 10.7. The smallest absolute Gasteiger partial charge is 0.227 e. The molecular formula is C15H19N5O2. The first kappa shape index (κ1) is 13.5. The summed E-state index contributed by atoms with van der Waals surface area (Å²) in [6.45, 7) is 5.41. The van der Waals surface area contributed by atoms with Crippen LogP contribution in [-0.2, 0) is 11.3 Å². The lowest BCUT2D eigenvalue weighted by molar-refractivity contribution is -0.117. The highest BCUT2D eigenvalue weighted by Gasteiger charge is 2.30. The fourth-order valence-corrected chi connectivity index (χ4v) is 3.14. The second-order valence-corrected chi connectivity index (χ2v) is 6.11. The molecule has 0 aromatic carbocycles. The van der Waals surface area contributed by atoms with Crippen molar-refractivity contribution in [2.24, 2.45) is 0 Å². The molecule has 0 unspecified atom stereocenters. The maximum atomic E-state index is 11.8. The Hall–Kier alpha value is -2.15. The van der Waals surface area contributed by atoms with E-state index in [1.165, 1.54) is 0 Å². The van der Waals surface area contributed by atoms with Gasteiger partial charge in [-0.15, -0.1) is 0 Å². The summed E-state index contributed by atoms with van der Waals surface area (Å²) in [5.41, 5.74) is 1.84. The van der Waals surface area contributed by atoms with Crippen molar-refractivity contribution in [1.82, 2.24) is 19.8 Å². The summed E-state index contributed by atoms with van der Waals surface area (Å²) in [5.74, 6) is 1.11. The number of anilines is 1. The number of hydrogen-bond acceptors (Lipinski definition) is 5. The predicted molar refractivity (Wildman–Crippen MR) is 79.4 cm³/mol. The van der Waals surface area contributed by atoms with Crippen LogP contribution in [0.3, 0.4) is 0 Å². The Morgan fingerprint density at radius 2 is 2.27 bits per heavy atom. The van der Waals surface area contributed by atoms with Gasteiger partial charge in [0.2, 0.25) is 5.91 Å². The Labute approximate surface area is 128 Å². The number of nitrogens with zero attached hydrogens (tertiary/aromatic N) is 5. The van der Waals surface area contributed by atoms with Gasteiger partial charge in [0.05, 0.1) is 30.2 Å². The van der Waals surface area contributed by atoms with E-state index in [9.17, 15) is 4.79 Å². The normalized spacial score (nSPS) is 19.9. The maximum Gasteiger partial charge on any atom is 0.227 e. The zero-order chi connectivity index (χ0) is 15.1. The lowest BCUT2D eigenvalue weighted by Gasteiger charge is -2.38. The monoisotopic (exact) mass is 301 g/mol. The number of amides is 1. The Kier molecular flexibility index (Phi) is 3.22. The molecule has 4 rings (SSSR count). The number of aromatic nitrogens is 3. The molecule has 7 heteroatoms. The Bertz CT molecular complexity index is 686. The molecule has 2 aromatic heterocycles. The lowest BCUT2D eigenvalue weighted by Crippen LogP contribution is -2.47. The van der Waals surface area contributed by atoms with Crippen molar-refractivity contribution in [3.05, 3.63) is 29.9 Å². The number of likely N-dealkylation sites (tertiary alicyclic amines) is 1. The molecule has 2 saturated heterocycles. The van der Waals surface area contributed by atoms with Crippen molar-refractivity contribution >= 4 is 11.6 Å². The average molecular weight is 301 g/mol. The minimum absolute atomic E-state index is 0.204. The van der Waals surface area contributed by atoms with Gasteiger partial charge in [0.25, 0.3) is 0 Å². The van der Waals surface area contributed by atoms with Crippen LogP contribution in [0.25, 0.3) is 0 Å². The summed E-state index contributed by atoms with van der Waals surface area (Å²) in [7, 11) is 0. The van der Waals surface area contributed by atoms with E-state index >= 15 is 0 Å². The van der Waals surface area contributed by atoms with Crippen LogP contribution in [-0.4, -0.2) is 45.4 Å². The molecule has 0 bridgehead atoms. The third kappa shape index (κ3) is 2.41. The minimum Gasteiger partial charge on any atom is -0.360 e. The molecule has 116 valence electrons. The molecule has 2 fully saturated rings. The molecular weight excluding hydrogens is 282 g/mol. The molecule has 0 saturated carbocycles. The van der Waals surface area contributed by atoms with Crippen LogP contribution < -0.4 is 4.90 Å². The van der Waals surface area contributed by atoms with Crippen LogP contribution in [0.2, 0.25) is 0 Å². The molecule has 22 heavy (non-hydrogen) atoms. The van der Waals surface area contributed by atoms with E-state index in [0.717, 1.165) is 49.7 Å². The molecule has 0 aliphatic carbocycles. The van der Waals surface area contributed by atoms with E-state index in [0.29, 0.717) is 12.5 Å². The van der Waals surface area contributed by atoms with Gasteiger partial charge in [-0.3, -0.25) is 14.4 Å². The number of rotatable bonds is 4. The zero-order valence-electron chi connectivity index (χ0n) is 12.6. The fourth-order valence-electron chi connectivity index (χ4n) is 3.14. The van der Waals surface area contributed by atoms with Crippen LogP contribution in [0.15, 0.2) is 23.0 Å². The van der Waals surface area contributed by atoms with Crippen molar-refractivity contribution in [3.63, 3.8) is 0 Å². The Morgan fingerprint density at radius 1 is 1.41 bits per heavy atom. The van der Waals surface area contributed by atoms with Gasteiger partial charge in [0, 0.05) is 38.3 Å². The summed E-state index contributed by atoms with van der Waals surface area (Å²) < 4.78 is 7.21. The average Bonchev–Trinajstić information content (AvgIpc) is 3.14. The van der Waals surface area contributed by atoms with Gasteiger partial charge in [-0.2, -0.15) is 5.10 Å². The molecule has 0 N–H and O–H groups in total. The third-order valence-corrected chi connectivity index (χ3v) is 4.34. The topological polar surface area (TPSA) is 67.4 Å². The second-order valence-electron chi connectivity index (χ2n) is 6.11. The lowest BCUT2D eigenvalue weighted by atomic mass is 10.1. The molecule has 1 amide bonds. The second kappa shape index (κ2) is 5.24. The molecule has 2 aromatic rings. The quantitative estimate of drug-likeness (QED) is 0.853. The van der Waals surface area contributed by atoms with Crippen LogP contribution in [0.5, 0.6) is 0 Å². The van der Waals surface area contributed by atoms with Crippen LogP contribution in [0.4, 0.5) is 5.69 Å². The van der Waals surface area contributed by atoms with Crippen LogP contribution >= 0.6 is 0 Å². The minimum atomic E-state index is 0.204. The highest BCUT2D eigenvalue weighted by molar-refractivity contribution is 5.95. The van der Waals surface area contributed by atoms with Crippen molar-refractivity contribution in [3.8, 4) is 0 Å². The molecule has 4 heterocycles. The van der Waals surface area contributed by atoms with E-state index in [4.69, 9.17) is 4.52 Å². The SMILES string of the molecule is Cc1cc(CN2CC(n3cc(N4CCCC4=O)cn3)C2)on1. The molecule has 0 spiro atoms. The van der Waals surface area contributed by atoms with Crippen LogP contribution in [0, 0.1) is 6.92 Å². The summed E-state index contributed by atoms with van der Waals surface area (Å²) in [5, 5.41) is 8.33. The number of hydrogen-bond donors (Lipinski definition) is 0. The van der Waals surface area contributed by atoms with Gasteiger partial charge < -0.3 is 9.42 Å². The van der Waals surface area contributed by atoms with Gasteiger partial charge in [-0.05, 0) is 13.3 Å². The summed E-state index contributed by atoms with van der Waals surface area (Å²) >= 11 is 0. The van der Waals surface area contributed by atoms with Crippen molar-refractivity contribution in [2.75, 3.05) is 24.5 Å². The standard InChI is InChI=1S/C15H19N5O2/c1-11-5-14(22-17-11)10-18-7-13(8-18)20-9-12(6-16-20)19-4-2-3-15(19)21/h5-6,9,13H,2-4,7-8,10H2,1H3. The van der Waals surface area contributed by atoms with Gasteiger partial charge in [-0.1, -0.05) is 5.16 Å². The maximum absolute atomic E-state index is 11.8. The Balaban J connectivity index is 1.35. The summed E-state index contributed by atoms with van der Waals surface area (Å²) in [6, 6.07) is 2.34. The van der Waals surface area contributed by atoms with Gasteiger partial charge in [0.1, 0.15) is 0 Å². The fraction of sp³-hybridized carbons (Fsp3) is 0.533. The molecule has 2 aliphatic heterocycles. The molecule has 0 radical (unpaired) electrons. The first-order valence-electron chi connectivity index (χ1n) is 7.68. The van der Waals surface area contributed by atoms with Crippen molar-refractivity contribution < 1.29 is 9.32 Å². The first-order valence-corrected chi connectivity index (χ1v) is 7.68. The highest BCUT2D eigenvalue weighted by Crippen LogP contribution is 2.26. The van der Waals surface area contributed by atoms with E-state index in [1.807, 2.05) is 28.8 Å². The van der Waals surface area contributed by atoms with Crippen molar-refractivity contribution in [2.45, 2.75) is 32.4 Å². The number of aryl methyl sites for hydroxylation is 1. The molecule has 7 nitrogen and oxygen atoms in total. The van der Waals surface area contributed by atoms with E-state index in [2.05, 4.69) is 15.2 Å². The largest absolute Gasteiger partial charge is 0.360 e. The zero-order valence-corrected chi connectivity index (χ0v) is 12.6. The van der Waals surface area contributed by atoms with E-state index < -0.39 is 0 Å².